The molecule has 2 heterocycles. The number of carbonyl (C=O) groups is 1. The van der Waals surface area contributed by atoms with Gasteiger partial charge in [-0.15, -0.1) is 11.7 Å². The van der Waals surface area contributed by atoms with Gasteiger partial charge in [-0.05, 0) is 12.1 Å². The van der Waals surface area contributed by atoms with E-state index in [-0.39, 0.29) is 29.7 Å². The SMILES string of the molecule is C=CCN1C(=O)/C(=N\N=C/c2cc3c(cc2[N+](=O)[O-])OCO3)c2ccccc21. The molecule has 0 aromatic heterocycles. The lowest BCUT2D eigenvalue weighted by Gasteiger charge is -2.13. The number of rotatable bonds is 5. The van der Waals surface area contributed by atoms with Crippen molar-refractivity contribution in [1.82, 2.24) is 0 Å². The van der Waals surface area contributed by atoms with Crippen LogP contribution in [0, 0.1) is 10.1 Å². The van der Waals surface area contributed by atoms with Crippen LogP contribution in [0.1, 0.15) is 11.1 Å². The first kappa shape index (κ1) is 17.4. The predicted molar refractivity (Wildman–Crippen MR) is 102 cm³/mol. The van der Waals surface area contributed by atoms with Crippen LogP contribution < -0.4 is 14.4 Å². The maximum atomic E-state index is 12.7. The van der Waals surface area contributed by atoms with Crippen LogP contribution in [-0.2, 0) is 4.79 Å². The zero-order chi connectivity index (χ0) is 19.7. The second kappa shape index (κ2) is 6.95. The lowest BCUT2D eigenvalue weighted by Crippen LogP contribution is -2.30. The average molecular weight is 378 g/mol. The zero-order valence-corrected chi connectivity index (χ0v) is 14.6. The molecule has 4 rings (SSSR count). The minimum Gasteiger partial charge on any atom is -0.454 e. The molecule has 0 radical (unpaired) electrons. The molecule has 9 nitrogen and oxygen atoms in total. The number of anilines is 1. The van der Waals surface area contributed by atoms with Gasteiger partial charge in [0.1, 0.15) is 0 Å². The minimum absolute atomic E-state index is 0.000190. The topological polar surface area (TPSA) is 107 Å². The van der Waals surface area contributed by atoms with Crippen molar-refractivity contribution in [3.05, 3.63) is 70.3 Å². The van der Waals surface area contributed by atoms with E-state index in [2.05, 4.69) is 16.8 Å². The number of benzene rings is 2. The molecule has 2 aliphatic rings. The van der Waals surface area contributed by atoms with E-state index in [1.54, 1.807) is 23.1 Å². The third-order valence-corrected chi connectivity index (χ3v) is 4.28. The van der Waals surface area contributed by atoms with Crippen LogP contribution in [-0.4, -0.2) is 36.1 Å². The van der Waals surface area contributed by atoms with Crippen molar-refractivity contribution < 1.29 is 19.2 Å². The average Bonchev–Trinajstić information content (AvgIpc) is 3.25. The Morgan fingerprint density at radius 3 is 2.75 bits per heavy atom. The molecule has 0 spiro atoms. The van der Waals surface area contributed by atoms with Gasteiger partial charge >= 0.3 is 0 Å². The molecule has 0 bridgehead atoms. The minimum atomic E-state index is -0.543. The quantitative estimate of drug-likeness (QED) is 0.344. The van der Waals surface area contributed by atoms with Gasteiger partial charge in [-0.2, -0.15) is 5.10 Å². The molecule has 0 atom stereocenters. The third kappa shape index (κ3) is 2.88. The normalized spacial score (nSPS) is 16.1. The Hall–Kier alpha value is -4.01. The summed E-state index contributed by atoms with van der Waals surface area (Å²) in [6.45, 7) is 4.00. The third-order valence-electron chi connectivity index (χ3n) is 4.28. The van der Waals surface area contributed by atoms with Crippen LogP contribution in [0.4, 0.5) is 11.4 Å². The highest BCUT2D eigenvalue weighted by molar-refractivity contribution is 6.54. The van der Waals surface area contributed by atoms with Crippen LogP contribution in [0.2, 0.25) is 0 Å². The Morgan fingerprint density at radius 2 is 2.00 bits per heavy atom. The fourth-order valence-electron chi connectivity index (χ4n) is 3.03. The maximum Gasteiger partial charge on any atom is 0.282 e. The van der Waals surface area contributed by atoms with Gasteiger partial charge in [-0.3, -0.25) is 14.9 Å². The number of nitrogens with zero attached hydrogens (tertiary/aromatic N) is 4. The van der Waals surface area contributed by atoms with Crippen molar-refractivity contribution in [3.8, 4) is 11.5 Å². The van der Waals surface area contributed by atoms with Crippen LogP contribution in [0.25, 0.3) is 0 Å². The fraction of sp³-hybridized carbons (Fsp3) is 0.105. The first-order valence-electron chi connectivity index (χ1n) is 8.31. The van der Waals surface area contributed by atoms with E-state index in [0.29, 0.717) is 23.6 Å². The van der Waals surface area contributed by atoms with Gasteiger partial charge in [0.05, 0.1) is 28.5 Å². The number of para-hydroxylation sites is 1. The molecule has 0 fully saturated rings. The standard InChI is InChI=1S/C19H14N4O5/c1-2-7-22-14-6-4-3-5-13(14)18(19(22)24)21-20-10-12-8-16-17(28-11-27-16)9-15(12)23(25)26/h2-6,8-10H,1,7,11H2/b20-10-,21-18-. The summed E-state index contributed by atoms with van der Waals surface area (Å²) >= 11 is 0. The highest BCUT2D eigenvalue weighted by atomic mass is 16.7. The number of hydrogen-bond acceptors (Lipinski definition) is 7. The van der Waals surface area contributed by atoms with Gasteiger partial charge in [0.15, 0.2) is 17.2 Å². The molecular formula is C19H14N4O5. The van der Waals surface area contributed by atoms with E-state index in [9.17, 15) is 14.9 Å². The van der Waals surface area contributed by atoms with E-state index >= 15 is 0 Å². The van der Waals surface area contributed by atoms with Crippen molar-refractivity contribution in [1.29, 1.82) is 0 Å². The summed E-state index contributed by atoms with van der Waals surface area (Å²) in [4.78, 5) is 25.0. The molecule has 9 heteroatoms. The van der Waals surface area contributed by atoms with Crippen molar-refractivity contribution >= 4 is 29.2 Å². The summed E-state index contributed by atoms with van der Waals surface area (Å²) in [7, 11) is 0. The summed E-state index contributed by atoms with van der Waals surface area (Å²) in [6.07, 6.45) is 2.84. The van der Waals surface area contributed by atoms with E-state index in [1.807, 2.05) is 12.1 Å². The Labute approximate surface area is 159 Å². The molecule has 0 N–H and O–H groups in total. The highest BCUT2D eigenvalue weighted by Gasteiger charge is 2.33. The largest absolute Gasteiger partial charge is 0.454 e. The summed E-state index contributed by atoms with van der Waals surface area (Å²) in [5.74, 6) is 0.382. The first-order chi connectivity index (χ1) is 13.6. The predicted octanol–water partition coefficient (Wildman–Crippen LogP) is 2.68. The van der Waals surface area contributed by atoms with E-state index < -0.39 is 4.92 Å². The van der Waals surface area contributed by atoms with Crippen LogP contribution >= 0.6 is 0 Å². The number of nitro benzene ring substituents is 1. The Morgan fingerprint density at radius 1 is 1.25 bits per heavy atom. The molecule has 0 unspecified atom stereocenters. The molecule has 2 aromatic rings. The molecule has 0 saturated heterocycles. The number of carbonyl (C=O) groups excluding carboxylic acids is 1. The summed E-state index contributed by atoms with van der Waals surface area (Å²) in [5, 5.41) is 19.3. The van der Waals surface area contributed by atoms with E-state index in [0.717, 1.165) is 5.69 Å². The van der Waals surface area contributed by atoms with Crippen molar-refractivity contribution in [3.63, 3.8) is 0 Å². The molecule has 2 aromatic carbocycles. The number of amides is 1. The molecule has 28 heavy (non-hydrogen) atoms. The lowest BCUT2D eigenvalue weighted by atomic mass is 10.1. The Balaban J connectivity index is 1.70. The second-order valence-corrected chi connectivity index (χ2v) is 5.94. The number of ether oxygens (including phenoxy) is 2. The maximum absolute atomic E-state index is 12.7. The highest BCUT2D eigenvalue weighted by Crippen LogP contribution is 2.37. The monoisotopic (exact) mass is 378 g/mol. The van der Waals surface area contributed by atoms with Gasteiger partial charge in [0.2, 0.25) is 6.79 Å². The number of fused-ring (bicyclic) bond motifs is 2. The summed E-state index contributed by atoms with van der Waals surface area (Å²) in [6, 6.07) is 9.94. The van der Waals surface area contributed by atoms with Crippen LogP contribution in [0.3, 0.4) is 0 Å². The summed E-state index contributed by atoms with van der Waals surface area (Å²) < 4.78 is 10.4. The lowest BCUT2D eigenvalue weighted by molar-refractivity contribution is -0.385. The molecule has 140 valence electrons. The van der Waals surface area contributed by atoms with Gasteiger partial charge < -0.3 is 14.4 Å². The van der Waals surface area contributed by atoms with Crippen molar-refractivity contribution in [2.75, 3.05) is 18.2 Å². The van der Waals surface area contributed by atoms with Crippen LogP contribution in [0.5, 0.6) is 11.5 Å². The van der Waals surface area contributed by atoms with Crippen molar-refractivity contribution in [2.45, 2.75) is 0 Å². The van der Waals surface area contributed by atoms with Gasteiger partial charge in [0, 0.05) is 12.1 Å². The molecule has 2 aliphatic heterocycles. The number of nitro groups is 1. The van der Waals surface area contributed by atoms with Gasteiger partial charge in [-0.25, -0.2) is 0 Å². The van der Waals surface area contributed by atoms with Gasteiger partial charge in [0.25, 0.3) is 11.6 Å². The Bertz CT molecular complexity index is 1060. The van der Waals surface area contributed by atoms with Gasteiger partial charge in [-0.1, -0.05) is 24.3 Å². The Kier molecular flexibility index (Phi) is 4.32. The second-order valence-electron chi connectivity index (χ2n) is 5.94. The zero-order valence-electron chi connectivity index (χ0n) is 14.6. The summed E-state index contributed by atoms with van der Waals surface area (Å²) in [5.41, 5.74) is 1.53. The molecule has 0 aliphatic carbocycles. The fourth-order valence-corrected chi connectivity index (χ4v) is 3.03. The molecule has 0 saturated carbocycles. The number of hydrogen-bond donors (Lipinski definition) is 0. The van der Waals surface area contributed by atoms with E-state index in [4.69, 9.17) is 9.47 Å². The first-order valence-corrected chi connectivity index (χ1v) is 8.31. The smallest absolute Gasteiger partial charge is 0.282 e. The molecule has 1 amide bonds. The molecular weight excluding hydrogens is 364 g/mol. The van der Waals surface area contributed by atoms with Crippen LogP contribution in [0.15, 0.2) is 59.3 Å². The van der Waals surface area contributed by atoms with Crippen molar-refractivity contribution in [2.24, 2.45) is 10.2 Å². The van der Waals surface area contributed by atoms with E-state index in [1.165, 1.54) is 18.3 Å².